The maximum atomic E-state index is 10.5. The first-order chi connectivity index (χ1) is 5.52. The van der Waals surface area contributed by atoms with E-state index in [0.29, 0.717) is 9.50 Å². The third kappa shape index (κ3) is 1.91. The highest BCUT2D eigenvalue weighted by Gasteiger charge is 2.09. The van der Waals surface area contributed by atoms with Crippen molar-refractivity contribution in [2.24, 2.45) is 0 Å². The largest absolute Gasteiger partial charge is 0.478 e. The second-order valence-corrected chi connectivity index (χ2v) is 3.70. The highest BCUT2D eigenvalue weighted by atomic mass is 79.9. The van der Waals surface area contributed by atoms with Crippen LogP contribution in [0.3, 0.4) is 0 Å². The van der Waals surface area contributed by atoms with E-state index >= 15 is 0 Å². The number of hydrogen-bond acceptors (Lipinski definition) is 1. The minimum absolute atomic E-state index is 0.108. The molecule has 1 aromatic rings. The Morgan fingerprint density at radius 2 is 2.00 bits per heavy atom. The summed E-state index contributed by atoms with van der Waals surface area (Å²) < 4.78 is 0.481. The average Bonchev–Trinajstić information content (AvgIpc) is 1.99. The SMILES string of the molecule is O=C(O)c1cc(Cl)c(Cl)c(Br)c1. The summed E-state index contributed by atoms with van der Waals surface area (Å²) in [6.07, 6.45) is 0. The number of carboxylic acid groups (broad SMARTS) is 1. The topological polar surface area (TPSA) is 37.3 Å². The van der Waals surface area contributed by atoms with E-state index in [0.717, 1.165) is 0 Å². The lowest BCUT2D eigenvalue weighted by Gasteiger charge is -2.00. The van der Waals surface area contributed by atoms with Gasteiger partial charge in [-0.1, -0.05) is 23.2 Å². The van der Waals surface area contributed by atoms with Crippen molar-refractivity contribution in [2.75, 3.05) is 0 Å². The van der Waals surface area contributed by atoms with Crippen LogP contribution >= 0.6 is 39.1 Å². The Kier molecular flexibility index (Phi) is 2.99. The number of aromatic carboxylic acids is 1. The summed E-state index contributed by atoms with van der Waals surface area (Å²) in [5.74, 6) is -1.03. The first kappa shape index (κ1) is 9.84. The van der Waals surface area contributed by atoms with Gasteiger partial charge in [0.2, 0.25) is 0 Å². The van der Waals surface area contributed by atoms with Gasteiger partial charge in [-0.25, -0.2) is 4.79 Å². The van der Waals surface area contributed by atoms with Gasteiger partial charge < -0.3 is 5.11 Å². The molecule has 12 heavy (non-hydrogen) atoms. The number of benzene rings is 1. The van der Waals surface area contributed by atoms with Crippen LogP contribution in [0, 0.1) is 0 Å². The summed E-state index contributed by atoms with van der Waals surface area (Å²) in [4.78, 5) is 10.5. The average molecular weight is 270 g/mol. The fraction of sp³-hybridized carbons (Fsp3) is 0. The van der Waals surface area contributed by atoms with E-state index in [1.807, 2.05) is 0 Å². The van der Waals surface area contributed by atoms with E-state index in [2.05, 4.69) is 15.9 Å². The summed E-state index contributed by atoms with van der Waals surface area (Å²) >= 11 is 14.4. The first-order valence-corrected chi connectivity index (χ1v) is 4.45. The van der Waals surface area contributed by atoms with E-state index < -0.39 is 5.97 Å². The van der Waals surface area contributed by atoms with Gasteiger partial charge in [-0.3, -0.25) is 0 Å². The molecule has 0 radical (unpaired) electrons. The van der Waals surface area contributed by atoms with Crippen LogP contribution in [-0.4, -0.2) is 11.1 Å². The third-order valence-corrected chi connectivity index (χ3v) is 2.89. The summed E-state index contributed by atoms with van der Waals surface area (Å²) in [7, 11) is 0. The van der Waals surface area contributed by atoms with E-state index in [-0.39, 0.29) is 10.6 Å². The van der Waals surface area contributed by atoms with Gasteiger partial charge in [0.05, 0.1) is 15.6 Å². The van der Waals surface area contributed by atoms with Crippen molar-refractivity contribution in [1.29, 1.82) is 0 Å². The second kappa shape index (κ2) is 3.64. The molecule has 0 heterocycles. The van der Waals surface area contributed by atoms with Crippen LogP contribution < -0.4 is 0 Å². The number of hydrogen-bond donors (Lipinski definition) is 1. The summed E-state index contributed by atoms with van der Waals surface area (Å²) in [6.45, 7) is 0. The smallest absolute Gasteiger partial charge is 0.335 e. The molecule has 1 aromatic carbocycles. The van der Waals surface area contributed by atoms with Crippen molar-refractivity contribution < 1.29 is 9.90 Å². The summed E-state index contributed by atoms with van der Waals surface area (Å²) in [6, 6.07) is 2.70. The Morgan fingerprint density at radius 1 is 1.42 bits per heavy atom. The molecule has 0 aromatic heterocycles. The molecule has 5 heteroatoms. The standard InChI is InChI=1S/C7H3BrCl2O2/c8-4-1-3(7(11)12)2-5(9)6(4)10/h1-2H,(H,11,12). The van der Waals surface area contributed by atoms with Gasteiger partial charge in [-0.15, -0.1) is 0 Å². The number of rotatable bonds is 1. The zero-order chi connectivity index (χ0) is 9.30. The summed E-state index contributed by atoms with van der Waals surface area (Å²) in [5, 5.41) is 9.15. The minimum atomic E-state index is -1.03. The lowest BCUT2D eigenvalue weighted by Crippen LogP contribution is -1.95. The van der Waals surface area contributed by atoms with Crippen LogP contribution in [0.2, 0.25) is 10.0 Å². The van der Waals surface area contributed by atoms with Gasteiger partial charge in [-0.05, 0) is 28.1 Å². The monoisotopic (exact) mass is 268 g/mol. The molecule has 0 atom stereocenters. The van der Waals surface area contributed by atoms with Gasteiger partial charge in [0, 0.05) is 4.47 Å². The number of carboxylic acids is 1. The predicted octanol–water partition coefficient (Wildman–Crippen LogP) is 3.45. The highest BCUT2D eigenvalue weighted by Crippen LogP contribution is 2.31. The quantitative estimate of drug-likeness (QED) is 0.793. The normalized spacial score (nSPS) is 9.92. The fourth-order valence-electron chi connectivity index (χ4n) is 0.679. The van der Waals surface area contributed by atoms with Gasteiger partial charge in [-0.2, -0.15) is 0 Å². The molecule has 0 saturated heterocycles. The molecule has 0 saturated carbocycles. The van der Waals surface area contributed by atoms with Gasteiger partial charge in [0.1, 0.15) is 0 Å². The molecule has 64 valence electrons. The van der Waals surface area contributed by atoms with E-state index in [1.165, 1.54) is 12.1 Å². The zero-order valence-electron chi connectivity index (χ0n) is 5.64. The Balaban J connectivity index is 3.31. The van der Waals surface area contributed by atoms with Crippen LogP contribution in [0.15, 0.2) is 16.6 Å². The maximum absolute atomic E-state index is 10.5. The Labute approximate surface area is 87.2 Å². The van der Waals surface area contributed by atoms with Crippen LogP contribution in [0.5, 0.6) is 0 Å². The molecule has 0 aliphatic heterocycles. The third-order valence-electron chi connectivity index (χ3n) is 1.23. The molecule has 0 amide bonds. The zero-order valence-corrected chi connectivity index (χ0v) is 8.74. The van der Waals surface area contributed by atoms with E-state index in [9.17, 15) is 4.79 Å². The van der Waals surface area contributed by atoms with Crippen LogP contribution in [-0.2, 0) is 0 Å². The van der Waals surface area contributed by atoms with E-state index in [1.54, 1.807) is 0 Å². The molecule has 1 rings (SSSR count). The predicted molar refractivity (Wildman–Crippen MR) is 51.1 cm³/mol. The minimum Gasteiger partial charge on any atom is -0.478 e. The molecule has 0 aliphatic carbocycles. The molecule has 2 nitrogen and oxygen atoms in total. The Bertz CT molecular complexity index is 315. The van der Waals surface area contributed by atoms with Gasteiger partial charge in [0.25, 0.3) is 0 Å². The molecule has 0 fully saturated rings. The van der Waals surface area contributed by atoms with Crippen molar-refractivity contribution in [3.63, 3.8) is 0 Å². The molecule has 0 bridgehead atoms. The van der Waals surface area contributed by atoms with Crippen molar-refractivity contribution in [2.45, 2.75) is 0 Å². The second-order valence-electron chi connectivity index (χ2n) is 2.06. The first-order valence-electron chi connectivity index (χ1n) is 2.90. The summed E-state index contributed by atoms with van der Waals surface area (Å²) in [5.41, 5.74) is 0.108. The highest BCUT2D eigenvalue weighted by molar-refractivity contribution is 9.10. The van der Waals surface area contributed by atoms with Gasteiger partial charge in [0.15, 0.2) is 0 Å². The van der Waals surface area contributed by atoms with Crippen molar-refractivity contribution in [3.05, 3.63) is 32.2 Å². The van der Waals surface area contributed by atoms with Crippen LogP contribution in [0.1, 0.15) is 10.4 Å². The lowest BCUT2D eigenvalue weighted by atomic mass is 10.2. The molecular formula is C7H3BrCl2O2. The van der Waals surface area contributed by atoms with Crippen LogP contribution in [0.4, 0.5) is 0 Å². The molecular weight excluding hydrogens is 267 g/mol. The number of halogens is 3. The van der Waals surface area contributed by atoms with Gasteiger partial charge >= 0.3 is 5.97 Å². The van der Waals surface area contributed by atoms with Crippen LogP contribution in [0.25, 0.3) is 0 Å². The fourth-order valence-corrected chi connectivity index (χ4v) is 1.58. The maximum Gasteiger partial charge on any atom is 0.335 e. The van der Waals surface area contributed by atoms with Crippen molar-refractivity contribution in [3.8, 4) is 0 Å². The van der Waals surface area contributed by atoms with Crippen molar-refractivity contribution >= 4 is 45.1 Å². The lowest BCUT2D eigenvalue weighted by molar-refractivity contribution is 0.0697. The molecule has 1 N–H and O–H groups in total. The number of carbonyl (C=O) groups is 1. The Hall–Kier alpha value is -0.250. The Morgan fingerprint density at radius 3 is 2.42 bits per heavy atom. The molecule has 0 spiro atoms. The molecule has 0 aliphatic rings. The molecule has 0 unspecified atom stereocenters. The van der Waals surface area contributed by atoms with Crippen molar-refractivity contribution in [1.82, 2.24) is 0 Å². The van der Waals surface area contributed by atoms with E-state index in [4.69, 9.17) is 28.3 Å².